The molecule has 216 valence electrons. The first-order chi connectivity index (χ1) is 18.5. The van der Waals surface area contributed by atoms with Crippen LogP contribution in [0.15, 0.2) is 24.3 Å². The summed E-state index contributed by atoms with van der Waals surface area (Å²) in [5, 5.41) is 2.69. The molecular weight excluding hydrogens is 503 g/mol. The third-order valence-corrected chi connectivity index (χ3v) is 8.09. The van der Waals surface area contributed by atoms with Crippen LogP contribution in [0.1, 0.15) is 59.8 Å². The molecule has 0 aliphatic carbocycles. The normalized spacial score (nSPS) is 22.5. The van der Waals surface area contributed by atoms with Crippen LogP contribution in [0.3, 0.4) is 0 Å². The first kappa shape index (κ1) is 29.1. The zero-order chi connectivity index (χ0) is 28.2. The summed E-state index contributed by atoms with van der Waals surface area (Å²) in [6.45, 7) is 12.6. The molecule has 1 aromatic rings. The molecule has 2 atom stereocenters. The highest BCUT2D eigenvalue weighted by atomic mass is 19.1. The van der Waals surface area contributed by atoms with Crippen LogP contribution in [0.4, 0.5) is 14.9 Å². The highest BCUT2D eigenvalue weighted by Gasteiger charge is 2.51. The highest BCUT2D eigenvalue weighted by molar-refractivity contribution is 5.86. The predicted octanol–water partition coefficient (Wildman–Crippen LogP) is 3.57. The van der Waals surface area contributed by atoms with E-state index >= 15 is 0 Å². The fraction of sp³-hybridized carbons (Fsp3) is 0.690. The highest BCUT2D eigenvalue weighted by Crippen LogP contribution is 2.44. The Kier molecular flexibility index (Phi) is 9.03. The Labute approximate surface area is 231 Å². The summed E-state index contributed by atoms with van der Waals surface area (Å²) in [6, 6.07) is 5.98. The van der Waals surface area contributed by atoms with Crippen LogP contribution in [-0.4, -0.2) is 91.3 Å². The van der Waals surface area contributed by atoms with Crippen LogP contribution >= 0.6 is 0 Å². The number of amides is 2. The first-order valence-corrected chi connectivity index (χ1v) is 14.2. The molecule has 0 aromatic heterocycles. The maximum absolute atomic E-state index is 13.2. The van der Waals surface area contributed by atoms with Crippen molar-refractivity contribution in [3.63, 3.8) is 0 Å². The van der Waals surface area contributed by atoms with E-state index in [1.807, 2.05) is 19.1 Å². The van der Waals surface area contributed by atoms with E-state index in [1.165, 1.54) is 12.1 Å². The summed E-state index contributed by atoms with van der Waals surface area (Å²) in [6.07, 6.45) is 2.39. The number of piperidine rings is 1. The molecule has 10 heteroatoms. The lowest BCUT2D eigenvalue weighted by Gasteiger charge is -2.38. The first-order valence-electron chi connectivity index (χ1n) is 14.2. The SMILES string of the molecule is CC[C@H](NC(=O)OC(C)(C)C)C(=O)N1CCC2(CC1)C[C@H](CCN1CCN(c3ccc(F)cc3)CC1)OC2=O. The molecule has 3 aliphatic rings. The Bertz CT molecular complexity index is 1010. The maximum atomic E-state index is 13.2. The third kappa shape index (κ3) is 7.41. The van der Waals surface area contributed by atoms with E-state index in [9.17, 15) is 18.8 Å². The van der Waals surface area contributed by atoms with E-state index in [0.717, 1.165) is 44.8 Å². The average molecular weight is 547 g/mol. The molecule has 1 spiro atoms. The smallest absolute Gasteiger partial charge is 0.408 e. The van der Waals surface area contributed by atoms with Crippen LogP contribution in [-0.2, 0) is 19.1 Å². The molecule has 9 nitrogen and oxygen atoms in total. The number of nitrogens with zero attached hydrogens (tertiary/aromatic N) is 3. The van der Waals surface area contributed by atoms with Gasteiger partial charge in [-0.05, 0) is 70.7 Å². The zero-order valence-corrected chi connectivity index (χ0v) is 23.7. The van der Waals surface area contributed by atoms with Crippen LogP contribution in [0.2, 0.25) is 0 Å². The summed E-state index contributed by atoms with van der Waals surface area (Å²) in [5.74, 6) is -0.501. The summed E-state index contributed by atoms with van der Waals surface area (Å²) in [5.41, 5.74) is -0.123. The van der Waals surface area contributed by atoms with Crippen molar-refractivity contribution < 1.29 is 28.2 Å². The fourth-order valence-electron chi connectivity index (χ4n) is 5.78. The number of hydrogen-bond donors (Lipinski definition) is 1. The number of esters is 1. The molecule has 39 heavy (non-hydrogen) atoms. The third-order valence-electron chi connectivity index (χ3n) is 8.09. The van der Waals surface area contributed by atoms with Crippen LogP contribution < -0.4 is 10.2 Å². The van der Waals surface area contributed by atoms with Gasteiger partial charge < -0.3 is 24.6 Å². The van der Waals surface area contributed by atoms with Gasteiger partial charge in [0, 0.05) is 57.9 Å². The number of likely N-dealkylation sites (tertiary alicyclic amines) is 1. The van der Waals surface area contributed by atoms with Crippen molar-refractivity contribution in [2.45, 2.75) is 77.5 Å². The Hall–Kier alpha value is -2.88. The van der Waals surface area contributed by atoms with Gasteiger partial charge >= 0.3 is 12.1 Å². The topological polar surface area (TPSA) is 91.4 Å². The average Bonchev–Trinajstić information content (AvgIpc) is 3.20. The minimum atomic E-state index is -0.652. The lowest BCUT2D eigenvalue weighted by Crippen LogP contribution is -2.53. The van der Waals surface area contributed by atoms with Gasteiger partial charge in [-0.15, -0.1) is 0 Å². The van der Waals surface area contributed by atoms with E-state index in [0.29, 0.717) is 38.8 Å². The number of piperazine rings is 1. The zero-order valence-electron chi connectivity index (χ0n) is 23.7. The Morgan fingerprint density at radius 2 is 1.74 bits per heavy atom. The van der Waals surface area contributed by atoms with E-state index in [-0.39, 0.29) is 23.8 Å². The fourth-order valence-corrected chi connectivity index (χ4v) is 5.78. The van der Waals surface area contributed by atoms with Gasteiger partial charge in [-0.3, -0.25) is 14.5 Å². The van der Waals surface area contributed by atoms with Gasteiger partial charge in [0.05, 0.1) is 5.41 Å². The molecule has 2 amide bonds. The van der Waals surface area contributed by atoms with Gasteiger partial charge in [0.15, 0.2) is 0 Å². The van der Waals surface area contributed by atoms with Crippen molar-refractivity contribution in [2.75, 3.05) is 50.7 Å². The monoisotopic (exact) mass is 546 g/mol. The van der Waals surface area contributed by atoms with Gasteiger partial charge in [-0.25, -0.2) is 9.18 Å². The van der Waals surface area contributed by atoms with E-state index < -0.39 is 23.2 Å². The number of ether oxygens (including phenoxy) is 2. The molecule has 0 radical (unpaired) electrons. The predicted molar refractivity (Wildman–Crippen MR) is 146 cm³/mol. The molecule has 0 saturated carbocycles. The molecule has 1 aromatic carbocycles. The Balaban J connectivity index is 1.21. The lowest BCUT2D eigenvalue weighted by molar-refractivity contribution is -0.153. The number of nitrogens with one attached hydrogen (secondary N) is 1. The largest absolute Gasteiger partial charge is 0.462 e. The number of carbonyl (C=O) groups excluding carboxylic acids is 3. The number of alkyl carbamates (subject to hydrolysis) is 1. The molecule has 3 fully saturated rings. The second kappa shape index (κ2) is 12.1. The van der Waals surface area contributed by atoms with Gasteiger partial charge in [0.1, 0.15) is 23.6 Å². The van der Waals surface area contributed by atoms with Crippen LogP contribution in [0.25, 0.3) is 0 Å². The number of benzene rings is 1. The minimum absolute atomic E-state index is 0.105. The minimum Gasteiger partial charge on any atom is -0.462 e. The van der Waals surface area contributed by atoms with Gasteiger partial charge in [-0.1, -0.05) is 6.92 Å². The molecule has 1 N–H and O–H groups in total. The molecule has 4 rings (SSSR count). The molecular formula is C29H43FN4O5. The lowest BCUT2D eigenvalue weighted by atomic mass is 9.75. The second-order valence-electron chi connectivity index (χ2n) is 12.0. The summed E-state index contributed by atoms with van der Waals surface area (Å²) in [7, 11) is 0. The number of anilines is 1. The van der Waals surface area contributed by atoms with Crippen LogP contribution in [0.5, 0.6) is 0 Å². The molecule has 3 saturated heterocycles. The number of halogens is 1. The molecule has 0 unspecified atom stereocenters. The summed E-state index contributed by atoms with van der Waals surface area (Å²) < 4.78 is 24.3. The van der Waals surface area contributed by atoms with Crippen LogP contribution in [0, 0.1) is 11.2 Å². The molecule has 3 aliphatic heterocycles. The van der Waals surface area contributed by atoms with Gasteiger partial charge in [0.2, 0.25) is 5.91 Å². The Morgan fingerprint density at radius 1 is 1.10 bits per heavy atom. The van der Waals surface area contributed by atoms with Crippen molar-refractivity contribution in [2.24, 2.45) is 5.41 Å². The van der Waals surface area contributed by atoms with Gasteiger partial charge in [-0.2, -0.15) is 0 Å². The standard InChI is InChI=1S/C29H43FN4O5/c1-5-24(31-27(37)39-28(2,3)4)25(35)34-14-11-29(12-15-34)20-23(38-26(29)36)10-13-32-16-18-33(19-17-32)22-8-6-21(30)7-9-22/h6-9,23-24H,5,10-20H2,1-4H3,(H,31,37)/t23-,24-/m0/s1. The van der Waals surface area contributed by atoms with E-state index in [1.54, 1.807) is 25.7 Å². The second-order valence-corrected chi connectivity index (χ2v) is 12.0. The summed E-state index contributed by atoms with van der Waals surface area (Å²) >= 11 is 0. The number of hydrogen-bond acceptors (Lipinski definition) is 7. The molecule has 3 heterocycles. The van der Waals surface area contributed by atoms with Crippen molar-refractivity contribution >= 4 is 23.7 Å². The number of rotatable bonds is 7. The van der Waals surface area contributed by atoms with Crippen molar-refractivity contribution in [1.29, 1.82) is 0 Å². The molecule has 0 bridgehead atoms. The van der Waals surface area contributed by atoms with Gasteiger partial charge in [0.25, 0.3) is 0 Å². The van der Waals surface area contributed by atoms with Crippen molar-refractivity contribution in [3.8, 4) is 0 Å². The maximum Gasteiger partial charge on any atom is 0.408 e. The quantitative estimate of drug-likeness (QED) is 0.523. The van der Waals surface area contributed by atoms with Crippen molar-refractivity contribution in [1.82, 2.24) is 15.1 Å². The Morgan fingerprint density at radius 3 is 2.33 bits per heavy atom. The number of cyclic esters (lactones) is 1. The summed E-state index contributed by atoms with van der Waals surface area (Å²) in [4.78, 5) is 44.6. The van der Waals surface area contributed by atoms with E-state index in [2.05, 4.69) is 15.1 Å². The van der Waals surface area contributed by atoms with E-state index in [4.69, 9.17) is 9.47 Å². The van der Waals surface area contributed by atoms with Crippen molar-refractivity contribution in [3.05, 3.63) is 30.1 Å². The number of carbonyl (C=O) groups is 3.